The van der Waals surface area contributed by atoms with E-state index in [-0.39, 0.29) is 24.0 Å². The van der Waals surface area contributed by atoms with Gasteiger partial charge >= 0.3 is 11.9 Å². The van der Waals surface area contributed by atoms with Gasteiger partial charge in [0, 0.05) is 42.3 Å². The van der Waals surface area contributed by atoms with Crippen LogP contribution in [0.15, 0.2) is 108 Å². The second-order valence-corrected chi connectivity index (χ2v) is 13.8. The van der Waals surface area contributed by atoms with Crippen molar-refractivity contribution < 1.29 is 32.6 Å². The van der Waals surface area contributed by atoms with Gasteiger partial charge in [-0.25, -0.2) is 8.42 Å². The Labute approximate surface area is 293 Å². The van der Waals surface area contributed by atoms with E-state index in [2.05, 4.69) is 0 Å². The largest absolute Gasteiger partial charge is 0.480 e. The van der Waals surface area contributed by atoms with Crippen molar-refractivity contribution in [3.05, 3.63) is 126 Å². The number of nitrogens with zero attached hydrogens (tertiary/aromatic N) is 3. The number of carboxylic acid groups (broad SMARTS) is 1. The molecule has 3 heterocycles. The highest BCUT2D eigenvalue weighted by Crippen LogP contribution is 2.30. The second-order valence-electron chi connectivity index (χ2n) is 11.9. The number of carbonyl (C=O) groups excluding carboxylic acids is 1. The molecule has 1 N–H and O–H groups in total. The second kappa shape index (κ2) is 16.6. The van der Waals surface area contributed by atoms with E-state index in [4.69, 9.17) is 9.47 Å². The molecular formula is C39H43N3O7S. The molecule has 0 bridgehead atoms. The van der Waals surface area contributed by atoms with Crippen molar-refractivity contribution in [1.29, 1.82) is 0 Å². The minimum Gasteiger partial charge on any atom is -0.480 e. The molecule has 0 amide bonds. The number of aliphatic carboxylic acids is 1. The number of carboxylic acids is 1. The van der Waals surface area contributed by atoms with Crippen LogP contribution in [0.2, 0.25) is 0 Å². The molecule has 0 spiro atoms. The fourth-order valence-corrected chi connectivity index (χ4v) is 7.71. The summed E-state index contributed by atoms with van der Waals surface area (Å²) < 4.78 is 42.1. The minimum atomic E-state index is -3.65. The van der Waals surface area contributed by atoms with E-state index in [1.165, 1.54) is 4.31 Å². The van der Waals surface area contributed by atoms with Crippen LogP contribution in [0.1, 0.15) is 29.4 Å². The monoisotopic (exact) mass is 697 g/mol. The molecule has 1 fully saturated rings. The van der Waals surface area contributed by atoms with E-state index in [9.17, 15) is 23.1 Å². The van der Waals surface area contributed by atoms with E-state index in [1.807, 2.05) is 116 Å². The number of carbonyl (C=O) groups is 2. The molecule has 10 nitrogen and oxygen atoms in total. The third kappa shape index (κ3) is 8.60. The van der Waals surface area contributed by atoms with E-state index in [0.717, 1.165) is 39.5 Å². The Hall–Kier alpha value is -4.97. The van der Waals surface area contributed by atoms with E-state index < -0.39 is 16.0 Å². The Kier molecular flexibility index (Phi) is 12.1. The Balaban J connectivity index is 0.000000228. The molecule has 2 aromatic heterocycles. The third-order valence-corrected chi connectivity index (χ3v) is 10.6. The van der Waals surface area contributed by atoms with Crippen molar-refractivity contribution in [2.75, 3.05) is 32.9 Å². The van der Waals surface area contributed by atoms with Crippen LogP contribution in [-0.2, 0) is 48.6 Å². The van der Waals surface area contributed by atoms with Gasteiger partial charge in [0.1, 0.15) is 13.1 Å². The lowest BCUT2D eigenvalue weighted by Gasteiger charge is -2.27. The van der Waals surface area contributed by atoms with Crippen LogP contribution in [0.3, 0.4) is 0 Å². The highest BCUT2D eigenvalue weighted by molar-refractivity contribution is 7.89. The summed E-state index contributed by atoms with van der Waals surface area (Å²) in [7, 11) is -3.65. The van der Waals surface area contributed by atoms with Crippen molar-refractivity contribution in [3.8, 4) is 22.5 Å². The van der Waals surface area contributed by atoms with Crippen LogP contribution in [0.4, 0.5) is 0 Å². The molecule has 11 heteroatoms. The number of rotatable bonds is 11. The average molecular weight is 698 g/mol. The summed E-state index contributed by atoms with van der Waals surface area (Å²) in [6.07, 6.45) is 0.387. The maximum Gasteiger partial charge on any atom is 0.325 e. The number of sulfonamides is 1. The first-order chi connectivity index (χ1) is 24.1. The van der Waals surface area contributed by atoms with Crippen LogP contribution in [0.25, 0.3) is 22.5 Å². The number of aromatic nitrogens is 2. The zero-order valence-corrected chi connectivity index (χ0v) is 29.4. The molecule has 0 aliphatic carbocycles. The standard InChI is InChI=1S/C24H26N2O5S.C15H17NO2/c1-18-21(16-22(26(18)17-24(27)28)19-7-3-2-4-8-19)15-20-9-5-6-10-23(20)32(29,30)25-11-13-31-14-12-25;1-3-18-15(17)11-16-12(2)9-10-14(16)13-7-5-4-6-8-13/h2-10,16H,11-15,17H2,1H3,(H,27,28);4-10H,3,11H2,1-2H3. The van der Waals surface area contributed by atoms with Gasteiger partial charge in [-0.3, -0.25) is 9.59 Å². The number of aryl methyl sites for hydroxylation is 1. The van der Waals surface area contributed by atoms with Gasteiger partial charge in [0.25, 0.3) is 0 Å². The summed E-state index contributed by atoms with van der Waals surface area (Å²) >= 11 is 0. The highest BCUT2D eigenvalue weighted by Gasteiger charge is 2.29. The van der Waals surface area contributed by atoms with Gasteiger partial charge in [0.2, 0.25) is 10.0 Å². The van der Waals surface area contributed by atoms with Gasteiger partial charge in [0.05, 0.1) is 24.7 Å². The van der Waals surface area contributed by atoms with E-state index in [0.29, 0.717) is 44.9 Å². The molecular weight excluding hydrogens is 655 g/mol. The number of morpholine rings is 1. The lowest BCUT2D eigenvalue weighted by atomic mass is 10.0. The molecule has 1 aliphatic heterocycles. The molecule has 5 aromatic rings. The molecule has 0 atom stereocenters. The van der Waals surface area contributed by atoms with Gasteiger partial charge in [-0.05, 0) is 67.3 Å². The summed E-state index contributed by atoms with van der Waals surface area (Å²) in [4.78, 5) is 23.4. The molecule has 262 valence electrons. The predicted octanol–water partition coefficient (Wildman–Crippen LogP) is 6.19. The first-order valence-corrected chi connectivity index (χ1v) is 18.0. The van der Waals surface area contributed by atoms with Gasteiger partial charge in [-0.2, -0.15) is 4.31 Å². The number of hydrogen-bond acceptors (Lipinski definition) is 6. The fraction of sp³-hybridized carbons (Fsp3) is 0.282. The zero-order chi connectivity index (χ0) is 35.7. The van der Waals surface area contributed by atoms with Crippen LogP contribution < -0.4 is 0 Å². The number of hydrogen-bond donors (Lipinski definition) is 1. The van der Waals surface area contributed by atoms with Crippen molar-refractivity contribution in [2.45, 2.75) is 45.2 Å². The van der Waals surface area contributed by atoms with Gasteiger partial charge < -0.3 is 23.7 Å². The molecule has 6 rings (SSSR count). The number of benzene rings is 3. The molecule has 50 heavy (non-hydrogen) atoms. The summed E-state index contributed by atoms with van der Waals surface area (Å²) in [6, 6.07) is 32.7. The zero-order valence-electron chi connectivity index (χ0n) is 28.6. The molecule has 0 unspecified atom stereocenters. The normalized spacial score (nSPS) is 13.3. The summed E-state index contributed by atoms with van der Waals surface area (Å²) in [5, 5.41) is 9.44. The first-order valence-electron chi connectivity index (χ1n) is 16.6. The molecule has 3 aromatic carbocycles. The smallest absolute Gasteiger partial charge is 0.325 e. The topological polar surface area (TPSA) is 120 Å². The number of ether oxygens (including phenoxy) is 2. The van der Waals surface area contributed by atoms with Gasteiger partial charge in [0.15, 0.2) is 0 Å². The Morgan fingerprint density at radius 2 is 1.36 bits per heavy atom. The molecule has 1 saturated heterocycles. The van der Waals surface area contributed by atoms with Crippen molar-refractivity contribution >= 4 is 22.0 Å². The highest BCUT2D eigenvalue weighted by atomic mass is 32.2. The van der Waals surface area contributed by atoms with Crippen molar-refractivity contribution in [1.82, 2.24) is 13.4 Å². The van der Waals surface area contributed by atoms with Crippen LogP contribution in [0, 0.1) is 13.8 Å². The lowest BCUT2D eigenvalue weighted by molar-refractivity contribution is -0.143. The summed E-state index contributed by atoms with van der Waals surface area (Å²) in [6.45, 7) is 7.65. The Morgan fingerprint density at radius 1 is 0.760 bits per heavy atom. The first kappa shape index (κ1) is 36.3. The van der Waals surface area contributed by atoms with E-state index >= 15 is 0 Å². The van der Waals surface area contributed by atoms with Crippen LogP contribution >= 0.6 is 0 Å². The van der Waals surface area contributed by atoms with Gasteiger partial charge in [-0.15, -0.1) is 0 Å². The van der Waals surface area contributed by atoms with Crippen molar-refractivity contribution in [2.24, 2.45) is 0 Å². The Bertz CT molecular complexity index is 2010. The molecule has 1 aliphatic rings. The third-order valence-electron chi connectivity index (χ3n) is 8.64. The van der Waals surface area contributed by atoms with Gasteiger partial charge in [-0.1, -0.05) is 78.9 Å². The minimum absolute atomic E-state index is 0.163. The quantitative estimate of drug-likeness (QED) is 0.164. The van der Waals surface area contributed by atoms with Crippen LogP contribution in [0.5, 0.6) is 0 Å². The van der Waals surface area contributed by atoms with Crippen LogP contribution in [-0.4, -0.2) is 71.8 Å². The van der Waals surface area contributed by atoms with Crippen molar-refractivity contribution in [3.63, 3.8) is 0 Å². The maximum atomic E-state index is 13.3. The van der Waals surface area contributed by atoms with E-state index in [1.54, 1.807) is 16.7 Å². The average Bonchev–Trinajstić information content (AvgIpc) is 3.64. The summed E-state index contributed by atoms with van der Waals surface area (Å²) in [5.41, 5.74) is 7.32. The maximum absolute atomic E-state index is 13.3. The Morgan fingerprint density at radius 3 is 1.98 bits per heavy atom. The molecule has 0 radical (unpaired) electrons. The molecule has 0 saturated carbocycles. The lowest BCUT2D eigenvalue weighted by Crippen LogP contribution is -2.40. The fourth-order valence-electron chi connectivity index (χ4n) is 6.08. The summed E-state index contributed by atoms with van der Waals surface area (Å²) in [5.74, 6) is -1.13. The number of esters is 1. The predicted molar refractivity (Wildman–Crippen MR) is 192 cm³/mol. The SMILES string of the molecule is CCOC(=O)Cn1c(C)ccc1-c1ccccc1.Cc1c(Cc2ccccc2S(=O)(=O)N2CCOCC2)cc(-c2ccccc2)n1CC(=O)O.